The largest absolute Gasteiger partial charge is 0.374 e. The van der Waals surface area contributed by atoms with Crippen molar-refractivity contribution in [1.82, 2.24) is 5.32 Å². The molecule has 0 aliphatic carbocycles. The lowest BCUT2D eigenvalue weighted by Gasteiger charge is -2.08. The monoisotopic (exact) mass is 388 g/mol. The Labute approximate surface area is 162 Å². The van der Waals surface area contributed by atoms with Gasteiger partial charge in [0, 0.05) is 18.7 Å². The molecule has 0 saturated heterocycles. The van der Waals surface area contributed by atoms with Crippen LogP contribution in [-0.2, 0) is 22.7 Å². The zero-order chi connectivity index (χ0) is 19.8. The van der Waals surface area contributed by atoms with Crippen molar-refractivity contribution in [2.24, 2.45) is 0 Å². The quantitative estimate of drug-likeness (QED) is 0.410. The molecule has 6 nitrogen and oxygen atoms in total. The standard InChI is InChI=1S/C20H21ClN2O4/c1-14(2)27-13-17-5-3-16(4-6-17)12-22-20(24)10-8-15-7-9-18(21)19(11-15)23(25)26/h3-11,14H,12-13H2,1-2H3,(H,22,24)/b10-8+. The van der Waals surface area contributed by atoms with E-state index < -0.39 is 4.92 Å². The van der Waals surface area contributed by atoms with Gasteiger partial charge in [0.05, 0.1) is 17.6 Å². The smallest absolute Gasteiger partial charge is 0.288 e. The molecule has 7 heteroatoms. The molecule has 0 aliphatic heterocycles. The number of hydrogen-bond acceptors (Lipinski definition) is 4. The lowest BCUT2D eigenvalue weighted by Crippen LogP contribution is -2.20. The summed E-state index contributed by atoms with van der Waals surface area (Å²) in [6, 6.07) is 12.2. The minimum Gasteiger partial charge on any atom is -0.374 e. The van der Waals surface area contributed by atoms with Crippen LogP contribution in [0.15, 0.2) is 48.5 Å². The topological polar surface area (TPSA) is 81.5 Å². The first-order valence-electron chi connectivity index (χ1n) is 8.44. The zero-order valence-electron chi connectivity index (χ0n) is 15.1. The molecule has 2 aromatic rings. The van der Waals surface area contributed by atoms with Crippen LogP contribution in [0.3, 0.4) is 0 Å². The number of rotatable bonds is 8. The van der Waals surface area contributed by atoms with Gasteiger partial charge in [-0.1, -0.05) is 41.9 Å². The summed E-state index contributed by atoms with van der Waals surface area (Å²) in [4.78, 5) is 22.3. The van der Waals surface area contributed by atoms with Crippen molar-refractivity contribution >= 4 is 29.3 Å². The Kier molecular flexibility index (Phi) is 7.52. The van der Waals surface area contributed by atoms with Gasteiger partial charge < -0.3 is 10.1 Å². The molecule has 142 valence electrons. The molecule has 0 fully saturated rings. The first-order chi connectivity index (χ1) is 12.8. The number of nitrogens with zero attached hydrogens (tertiary/aromatic N) is 1. The zero-order valence-corrected chi connectivity index (χ0v) is 15.9. The number of halogens is 1. The van der Waals surface area contributed by atoms with Gasteiger partial charge in [-0.05, 0) is 42.7 Å². The molecule has 2 rings (SSSR count). The molecule has 1 amide bonds. The third kappa shape index (κ3) is 6.84. The molecule has 0 heterocycles. The number of hydrogen-bond donors (Lipinski definition) is 1. The van der Waals surface area contributed by atoms with Crippen LogP contribution >= 0.6 is 11.6 Å². The maximum atomic E-state index is 11.9. The van der Waals surface area contributed by atoms with Crippen LogP contribution in [0.2, 0.25) is 5.02 Å². The Balaban J connectivity index is 1.88. The van der Waals surface area contributed by atoms with Crippen LogP contribution in [0.1, 0.15) is 30.5 Å². The van der Waals surface area contributed by atoms with Crippen molar-refractivity contribution in [2.45, 2.75) is 33.1 Å². The predicted molar refractivity (Wildman–Crippen MR) is 105 cm³/mol. The van der Waals surface area contributed by atoms with E-state index >= 15 is 0 Å². The number of benzene rings is 2. The highest BCUT2D eigenvalue weighted by atomic mass is 35.5. The highest BCUT2D eigenvalue weighted by molar-refractivity contribution is 6.32. The molecule has 0 spiro atoms. The second-order valence-electron chi connectivity index (χ2n) is 6.20. The second-order valence-corrected chi connectivity index (χ2v) is 6.60. The van der Waals surface area contributed by atoms with E-state index in [9.17, 15) is 14.9 Å². The first-order valence-corrected chi connectivity index (χ1v) is 8.82. The van der Waals surface area contributed by atoms with Crippen molar-refractivity contribution in [3.05, 3.63) is 80.4 Å². The van der Waals surface area contributed by atoms with Crippen LogP contribution in [0, 0.1) is 10.1 Å². The summed E-state index contributed by atoms with van der Waals surface area (Å²) in [7, 11) is 0. The molecule has 0 aromatic heterocycles. The minimum absolute atomic E-state index is 0.0591. The van der Waals surface area contributed by atoms with Crippen molar-refractivity contribution in [2.75, 3.05) is 0 Å². The van der Waals surface area contributed by atoms with Gasteiger partial charge in [0.2, 0.25) is 5.91 Å². The molecule has 2 aromatic carbocycles. The van der Waals surface area contributed by atoms with Gasteiger partial charge in [-0.2, -0.15) is 0 Å². The van der Waals surface area contributed by atoms with E-state index in [-0.39, 0.29) is 22.7 Å². The van der Waals surface area contributed by atoms with Crippen LogP contribution in [0.25, 0.3) is 6.08 Å². The molecule has 0 radical (unpaired) electrons. The number of ether oxygens (including phenoxy) is 1. The number of nitrogens with one attached hydrogen (secondary N) is 1. The summed E-state index contributed by atoms with van der Waals surface area (Å²) in [6.07, 6.45) is 3.01. The van der Waals surface area contributed by atoms with Crippen molar-refractivity contribution in [3.63, 3.8) is 0 Å². The summed E-state index contributed by atoms with van der Waals surface area (Å²) in [5.41, 5.74) is 2.37. The Morgan fingerprint density at radius 1 is 1.22 bits per heavy atom. The molecular weight excluding hydrogens is 368 g/mol. The highest BCUT2D eigenvalue weighted by Crippen LogP contribution is 2.25. The van der Waals surface area contributed by atoms with Crippen LogP contribution < -0.4 is 5.32 Å². The van der Waals surface area contributed by atoms with E-state index in [0.29, 0.717) is 18.7 Å². The maximum Gasteiger partial charge on any atom is 0.288 e. The summed E-state index contributed by atoms with van der Waals surface area (Å²) in [5, 5.41) is 13.7. The van der Waals surface area contributed by atoms with E-state index in [0.717, 1.165) is 11.1 Å². The Hall–Kier alpha value is -2.70. The second kappa shape index (κ2) is 9.85. The molecule has 0 unspecified atom stereocenters. The van der Waals surface area contributed by atoms with Crippen molar-refractivity contribution < 1.29 is 14.5 Å². The van der Waals surface area contributed by atoms with Crippen LogP contribution in [0.4, 0.5) is 5.69 Å². The van der Waals surface area contributed by atoms with E-state index in [2.05, 4.69) is 5.32 Å². The van der Waals surface area contributed by atoms with Gasteiger partial charge in [0.25, 0.3) is 5.69 Å². The lowest BCUT2D eigenvalue weighted by molar-refractivity contribution is -0.384. The van der Waals surface area contributed by atoms with Gasteiger partial charge in [0.1, 0.15) is 5.02 Å². The highest BCUT2D eigenvalue weighted by Gasteiger charge is 2.11. The number of amides is 1. The van der Waals surface area contributed by atoms with Crippen molar-refractivity contribution in [1.29, 1.82) is 0 Å². The van der Waals surface area contributed by atoms with Gasteiger partial charge in [-0.3, -0.25) is 14.9 Å². The summed E-state index contributed by atoms with van der Waals surface area (Å²) in [6.45, 7) is 4.91. The average Bonchev–Trinajstić information content (AvgIpc) is 2.64. The summed E-state index contributed by atoms with van der Waals surface area (Å²) < 4.78 is 5.54. The summed E-state index contributed by atoms with van der Waals surface area (Å²) >= 11 is 5.76. The summed E-state index contributed by atoms with van der Waals surface area (Å²) in [5.74, 6) is -0.292. The van der Waals surface area contributed by atoms with Gasteiger partial charge in [0.15, 0.2) is 0 Å². The molecular formula is C20H21ClN2O4. The molecule has 0 saturated carbocycles. The normalized spacial score (nSPS) is 11.1. The Bertz CT molecular complexity index is 832. The van der Waals surface area contributed by atoms with E-state index in [1.807, 2.05) is 38.1 Å². The molecule has 0 aliphatic rings. The fourth-order valence-electron chi connectivity index (χ4n) is 2.21. The molecule has 0 bridgehead atoms. The van der Waals surface area contributed by atoms with Crippen LogP contribution in [-0.4, -0.2) is 16.9 Å². The third-order valence-electron chi connectivity index (χ3n) is 3.67. The number of nitro groups is 1. The molecule has 0 atom stereocenters. The molecule has 27 heavy (non-hydrogen) atoms. The average molecular weight is 389 g/mol. The third-order valence-corrected chi connectivity index (χ3v) is 3.99. The molecule has 1 N–H and O–H groups in total. The van der Waals surface area contributed by atoms with E-state index in [1.165, 1.54) is 24.3 Å². The Morgan fingerprint density at radius 2 is 1.89 bits per heavy atom. The van der Waals surface area contributed by atoms with Gasteiger partial charge in [-0.25, -0.2) is 0 Å². The Morgan fingerprint density at radius 3 is 2.52 bits per heavy atom. The maximum absolute atomic E-state index is 11.9. The van der Waals surface area contributed by atoms with Gasteiger partial charge in [-0.15, -0.1) is 0 Å². The minimum atomic E-state index is -0.560. The number of nitro benzene ring substituents is 1. The van der Waals surface area contributed by atoms with Crippen molar-refractivity contribution in [3.8, 4) is 0 Å². The first kappa shape index (κ1) is 20.6. The van der Waals surface area contributed by atoms with Gasteiger partial charge >= 0.3 is 0 Å². The number of carbonyl (C=O) groups is 1. The SMILES string of the molecule is CC(C)OCc1ccc(CNC(=O)/C=C/c2ccc(Cl)c([N+](=O)[O-])c2)cc1. The fourth-order valence-corrected chi connectivity index (χ4v) is 2.40. The number of carbonyl (C=O) groups excluding carboxylic acids is 1. The van der Waals surface area contributed by atoms with Crippen LogP contribution in [0.5, 0.6) is 0 Å². The van der Waals surface area contributed by atoms with E-state index in [4.69, 9.17) is 16.3 Å². The van der Waals surface area contributed by atoms with E-state index in [1.54, 1.807) is 6.07 Å². The fraction of sp³-hybridized carbons (Fsp3) is 0.250. The predicted octanol–water partition coefficient (Wildman–Crippen LogP) is 4.50. The lowest BCUT2D eigenvalue weighted by atomic mass is 10.1.